The summed E-state index contributed by atoms with van der Waals surface area (Å²) in [5, 5.41) is 13.4. The van der Waals surface area contributed by atoms with Gasteiger partial charge in [0.25, 0.3) is 5.91 Å². The maximum absolute atomic E-state index is 12.3. The van der Waals surface area contributed by atoms with Crippen LogP contribution in [-0.4, -0.2) is 48.1 Å². The Bertz CT molecular complexity index is 559. The molecule has 1 amide bonds. The van der Waals surface area contributed by atoms with Gasteiger partial charge in [0, 0.05) is 18.2 Å². The van der Waals surface area contributed by atoms with E-state index in [0.717, 1.165) is 18.9 Å². The normalized spacial score (nSPS) is 16.9. The van der Waals surface area contributed by atoms with Gasteiger partial charge in [-0.2, -0.15) is 0 Å². The van der Waals surface area contributed by atoms with Crippen LogP contribution >= 0.6 is 11.3 Å². The van der Waals surface area contributed by atoms with Crippen molar-refractivity contribution < 1.29 is 14.7 Å². The Kier molecular flexibility index (Phi) is 4.80. The fourth-order valence-corrected chi connectivity index (χ4v) is 3.29. The van der Waals surface area contributed by atoms with Gasteiger partial charge in [-0.15, -0.1) is 11.3 Å². The molecule has 0 saturated heterocycles. The van der Waals surface area contributed by atoms with Crippen LogP contribution in [0.5, 0.6) is 0 Å². The number of nitrogens with zero attached hydrogens (tertiary/aromatic N) is 1. The predicted molar refractivity (Wildman–Crippen MR) is 83.6 cm³/mol. The van der Waals surface area contributed by atoms with Crippen molar-refractivity contribution in [2.45, 2.75) is 24.8 Å². The molecule has 1 aliphatic rings. The maximum Gasteiger partial charge on any atom is 0.328 e. The van der Waals surface area contributed by atoms with Crippen LogP contribution in [0.2, 0.25) is 0 Å². The molecule has 2 N–H and O–H groups in total. The van der Waals surface area contributed by atoms with Crippen LogP contribution in [0.3, 0.4) is 0 Å². The van der Waals surface area contributed by atoms with Gasteiger partial charge in [-0.3, -0.25) is 4.79 Å². The SMILES string of the molecule is CN(C)C1(CNC(=O)c2sccc2/C=C/C(=O)O)CCC1. The summed E-state index contributed by atoms with van der Waals surface area (Å²) in [5.41, 5.74) is 0.719. The van der Waals surface area contributed by atoms with Crippen LogP contribution < -0.4 is 5.32 Å². The van der Waals surface area contributed by atoms with Crippen molar-refractivity contribution in [3.05, 3.63) is 28.0 Å². The highest BCUT2D eigenvalue weighted by Gasteiger charge is 2.39. The summed E-state index contributed by atoms with van der Waals surface area (Å²) >= 11 is 1.32. The molecule has 114 valence electrons. The van der Waals surface area contributed by atoms with E-state index in [1.54, 1.807) is 11.4 Å². The average molecular weight is 308 g/mol. The molecule has 0 aliphatic heterocycles. The number of aliphatic carboxylic acids is 1. The molecule has 1 saturated carbocycles. The fraction of sp³-hybridized carbons (Fsp3) is 0.467. The third-order valence-corrected chi connectivity index (χ3v) is 5.05. The van der Waals surface area contributed by atoms with E-state index in [1.807, 2.05) is 14.1 Å². The van der Waals surface area contributed by atoms with E-state index in [2.05, 4.69) is 10.2 Å². The Balaban J connectivity index is 2.01. The molecular weight excluding hydrogens is 288 g/mol. The van der Waals surface area contributed by atoms with Gasteiger partial charge in [0.05, 0.1) is 4.88 Å². The van der Waals surface area contributed by atoms with E-state index in [1.165, 1.54) is 23.8 Å². The van der Waals surface area contributed by atoms with Crippen LogP contribution in [0, 0.1) is 0 Å². The summed E-state index contributed by atoms with van der Waals surface area (Å²) in [6.07, 6.45) is 5.89. The van der Waals surface area contributed by atoms with E-state index in [9.17, 15) is 9.59 Å². The first-order valence-corrected chi connectivity index (χ1v) is 7.77. The summed E-state index contributed by atoms with van der Waals surface area (Å²) in [7, 11) is 4.08. The second-order valence-electron chi connectivity index (χ2n) is 5.53. The standard InChI is InChI=1S/C15H20N2O3S/c1-17(2)15(7-3-8-15)10-16-14(20)13-11(6-9-21-13)4-5-12(18)19/h4-6,9H,3,7-8,10H2,1-2H3,(H,16,20)(H,18,19)/b5-4+. The van der Waals surface area contributed by atoms with E-state index >= 15 is 0 Å². The summed E-state index contributed by atoms with van der Waals surface area (Å²) in [5.74, 6) is -1.16. The molecule has 1 aromatic rings. The molecule has 1 heterocycles. The minimum absolute atomic E-state index is 0.0734. The first kappa shape index (κ1) is 15.7. The smallest absolute Gasteiger partial charge is 0.328 e. The molecule has 0 atom stereocenters. The Hall–Kier alpha value is -1.66. The number of hydrogen-bond donors (Lipinski definition) is 2. The molecular formula is C15H20N2O3S. The summed E-state index contributed by atoms with van der Waals surface area (Å²) < 4.78 is 0. The monoisotopic (exact) mass is 308 g/mol. The van der Waals surface area contributed by atoms with E-state index < -0.39 is 5.97 Å². The Morgan fingerprint density at radius 2 is 2.19 bits per heavy atom. The summed E-state index contributed by atoms with van der Waals surface area (Å²) in [4.78, 5) is 25.6. The third-order valence-electron chi connectivity index (χ3n) is 4.12. The van der Waals surface area contributed by atoms with Crippen molar-refractivity contribution in [3.8, 4) is 0 Å². The van der Waals surface area contributed by atoms with Gasteiger partial charge < -0.3 is 15.3 Å². The van der Waals surface area contributed by atoms with Gasteiger partial charge in [-0.25, -0.2) is 4.79 Å². The van der Waals surface area contributed by atoms with Gasteiger partial charge >= 0.3 is 5.97 Å². The first-order valence-electron chi connectivity index (χ1n) is 6.89. The molecule has 0 bridgehead atoms. The van der Waals surface area contributed by atoms with E-state index in [-0.39, 0.29) is 11.4 Å². The predicted octanol–water partition coefficient (Wildman–Crippen LogP) is 2.06. The number of thiophene rings is 1. The van der Waals surface area contributed by atoms with Gasteiger partial charge in [-0.1, -0.05) is 0 Å². The van der Waals surface area contributed by atoms with Gasteiger partial charge in [0.15, 0.2) is 0 Å². The van der Waals surface area contributed by atoms with Gasteiger partial charge in [0.1, 0.15) is 0 Å². The topological polar surface area (TPSA) is 69.6 Å². The van der Waals surface area contributed by atoms with Crippen molar-refractivity contribution in [1.29, 1.82) is 0 Å². The molecule has 0 radical (unpaired) electrons. The maximum atomic E-state index is 12.3. The van der Waals surface area contributed by atoms with Crippen LogP contribution in [0.25, 0.3) is 6.08 Å². The van der Waals surface area contributed by atoms with Crippen molar-refractivity contribution in [2.75, 3.05) is 20.6 Å². The highest BCUT2D eigenvalue weighted by atomic mass is 32.1. The van der Waals surface area contributed by atoms with E-state index in [0.29, 0.717) is 17.0 Å². The first-order chi connectivity index (χ1) is 9.94. The summed E-state index contributed by atoms with van der Waals surface area (Å²) in [6, 6.07) is 1.75. The third kappa shape index (κ3) is 3.51. The lowest BCUT2D eigenvalue weighted by atomic mass is 9.75. The average Bonchev–Trinajstić information content (AvgIpc) is 2.82. The Morgan fingerprint density at radius 3 is 2.71 bits per heavy atom. The lowest BCUT2D eigenvalue weighted by Crippen LogP contribution is -2.57. The Morgan fingerprint density at radius 1 is 1.48 bits per heavy atom. The highest BCUT2D eigenvalue weighted by molar-refractivity contribution is 7.12. The lowest BCUT2D eigenvalue weighted by molar-refractivity contribution is -0.131. The highest BCUT2D eigenvalue weighted by Crippen LogP contribution is 2.35. The largest absolute Gasteiger partial charge is 0.478 e. The lowest BCUT2D eigenvalue weighted by Gasteiger charge is -2.47. The molecule has 0 unspecified atom stereocenters. The number of likely N-dealkylation sites (N-methyl/N-ethyl adjacent to an activating group) is 1. The zero-order valence-electron chi connectivity index (χ0n) is 12.3. The number of rotatable bonds is 6. The van der Waals surface area contributed by atoms with Gasteiger partial charge in [-0.05, 0) is 56.4 Å². The van der Waals surface area contributed by atoms with Crippen LogP contribution in [-0.2, 0) is 4.79 Å². The Labute approximate surface area is 128 Å². The molecule has 1 fully saturated rings. The molecule has 0 spiro atoms. The number of carbonyl (C=O) groups is 2. The molecule has 21 heavy (non-hydrogen) atoms. The fourth-order valence-electron chi connectivity index (χ4n) is 2.49. The number of hydrogen-bond acceptors (Lipinski definition) is 4. The van der Waals surface area contributed by atoms with Crippen LogP contribution in [0.1, 0.15) is 34.5 Å². The molecule has 6 heteroatoms. The molecule has 1 aromatic heterocycles. The van der Waals surface area contributed by atoms with Crippen LogP contribution in [0.4, 0.5) is 0 Å². The number of amides is 1. The zero-order chi connectivity index (χ0) is 15.5. The molecule has 2 rings (SSSR count). The van der Waals surface area contributed by atoms with E-state index in [4.69, 9.17) is 5.11 Å². The second-order valence-corrected chi connectivity index (χ2v) is 6.45. The number of carboxylic acid groups (broad SMARTS) is 1. The van der Waals surface area contributed by atoms with Crippen molar-refractivity contribution in [1.82, 2.24) is 10.2 Å². The molecule has 1 aliphatic carbocycles. The second kappa shape index (κ2) is 6.41. The van der Waals surface area contributed by atoms with Crippen molar-refractivity contribution in [2.24, 2.45) is 0 Å². The number of carboxylic acids is 1. The molecule has 5 nitrogen and oxygen atoms in total. The number of nitrogens with one attached hydrogen (secondary N) is 1. The van der Waals surface area contributed by atoms with Gasteiger partial charge in [0.2, 0.25) is 0 Å². The minimum atomic E-state index is -1.02. The van der Waals surface area contributed by atoms with Crippen molar-refractivity contribution in [3.63, 3.8) is 0 Å². The zero-order valence-corrected chi connectivity index (χ0v) is 13.1. The van der Waals surface area contributed by atoms with Crippen molar-refractivity contribution >= 4 is 29.3 Å². The van der Waals surface area contributed by atoms with Crippen LogP contribution in [0.15, 0.2) is 17.5 Å². The minimum Gasteiger partial charge on any atom is -0.478 e. The quantitative estimate of drug-likeness (QED) is 0.789. The number of carbonyl (C=O) groups excluding carboxylic acids is 1. The summed E-state index contributed by atoms with van der Waals surface area (Å²) in [6.45, 7) is 0.624. The molecule has 0 aromatic carbocycles.